The fraction of sp³-hybridized carbons (Fsp3) is 0.500. The number of aromatic amines is 1. The monoisotopic (exact) mass is 163 g/mol. The van der Waals surface area contributed by atoms with Gasteiger partial charge in [-0.05, 0) is 30.9 Å². The Kier molecular flexibility index (Phi) is 1.98. The summed E-state index contributed by atoms with van der Waals surface area (Å²) in [6.45, 7) is 0. The van der Waals surface area contributed by atoms with Crippen molar-refractivity contribution < 1.29 is 4.79 Å². The van der Waals surface area contributed by atoms with Gasteiger partial charge < -0.3 is 4.98 Å². The molecule has 0 aliphatic heterocycles. The molecular formula is C10H13NO. The molecule has 0 radical (unpaired) electrons. The lowest BCUT2D eigenvalue weighted by molar-refractivity contribution is 0.111. The summed E-state index contributed by atoms with van der Waals surface area (Å²) in [4.78, 5) is 13.5. The molecule has 1 aromatic rings. The van der Waals surface area contributed by atoms with Crippen molar-refractivity contribution in [3.05, 3.63) is 23.5 Å². The molecule has 2 heteroatoms. The van der Waals surface area contributed by atoms with Gasteiger partial charge in [-0.1, -0.05) is 12.8 Å². The van der Waals surface area contributed by atoms with Crippen LogP contribution in [0, 0.1) is 0 Å². The maximum absolute atomic E-state index is 10.4. The Balaban J connectivity index is 2.16. The topological polar surface area (TPSA) is 32.9 Å². The van der Waals surface area contributed by atoms with Crippen LogP contribution >= 0.6 is 0 Å². The molecule has 1 N–H and O–H groups in total. The highest BCUT2D eigenvalue weighted by Gasteiger charge is 2.17. The summed E-state index contributed by atoms with van der Waals surface area (Å²) < 4.78 is 0. The van der Waals surface area contributed by atoms with E-state index in [-0.39, 0.29) is 0 Å². The first-order chi connectivity index (χ1) is 5.90. The first-order valence-corrected chi connectivity index (χ1v) is 4.54. The molecule has 0 amide bonds. The van der Waals surface area contributed by atoms with Gasteiger partial charge in [0.25, 0.3) is 0 Å². The van der Waals surface area contributed by atoms with Gasteiger partial charge in [0.2, 0.25) is 0 Å². The molecule has 0 aromatic carbocycles. The summed E-state index contributed by atoms with van der Waals surface area (Å²) in [5.74, 6) is 0.679. The number of rotatable bonds is 2. The number of aromatic nitrogens is 1. The molecular weight excluding hydrogens is 150 g/mol. The van der Waals surface area contributed by atoms with E-state index in [1.165, 1.54) is 31.4 Å². The zero-order valence-electron chi connectivity index (χ0n) is 7.05. The van der Waals surface area contributed by atoms with Crippen LogP contribution in [0.15, 0.2) is 12.1 Å². The second-order valence-corrected chi connectivity index (χ2v) is 3.47. The van der Waals surface area contributed by atoms with Gasteiger partial charge in [-0.3, -0.25) is 4.79 Å². The number of carbonyl (C=O) groups excluding carboxylic acids is 1. The molecule has 1 saturated carbocycles. The second kappa shape index (κ2) is 3.13. The largest absolute Gasteiger partial charge is 0.356 e. The van der Waals surface area contributed by atoms with Crippen LogP contribution in [0.5, 0.6) is 0 Å². The van der Waals surface area contributed by atoms with Gasteiger partial charge in [-0.25, -0.2) is 0 Å². The number of H-pyrrole nitrogens is 1. The molecule has 0 saturated heterocycles. The van der Waals surface area contributed by atoms with Gasteiger partial charge in [0, 0.05) is 5.69 Å². The Labute approximate surface area is 72.0 Å². The van der Waals surface area contributed by atoms with E-state index in [1.54, 1.807) is 0 Å². The molecule has 0 spiro atoms. The van der Waals surface area contributed by atoms with Crippen LogP contribution in [0.25, 0.3) is 0 Å². The highest BCUT2D eigenvalue weighted by Crippen LogP contribution is 2.33. The number of hydrogen-bond acceptors (Lipinski definition) is 1. The predicted molar refractivity (Wildman–Crippen MR) is 47.4 cm³/mol. The average molecular weight is 163 g/mol. The summed E-state index contributed by atoms with van der Waals surface area (Å²) in [6.07, 6.45) is 6.09. The first kappa shape index (κ1) is 7.59. The zero-order valence-corrected chi connectivity index (χ0v) is 7.05. The first-order valence-electron chi connectivity index (χ1n) is 4.54. The van der Waals surface area contributed by atoms with Crippen molar-refractivity contribution in [3.63, 3.8) is 0 Å². The third kappa shape index (κ3) is 1.29. The molecule has 0 atom stereocenters. The fourth-order valence-electron chi connectivity index (χ4n) is 1.97. The second-order valence-electron chi connectivity index (χ2n) is 3.47. The summed E-state index contributed by atoms with van der Waals surface area (Å²) in [7, 11) is 0. The number of nitrogens with one attached hydrogen (secondary N) is 1. The zero-order chi connectivity index (χ0) is 8.39. The van der Waals surface area contributed by atoms with Crippen molar-refractivity contribution in [2.45, 2.75) is 31.6 Å². The quantitative estimate of drug-likeness (QED) is 0.667. The number of carbonyl (C=O) groups is 1. The van der Waals surface area contributed by atoms with Crippen molar-refractivity contribution in [1.82, 2.24) is 4.98 Å². The minimum atomic E-state index is 0.679. The van der Waals surface area contributed by atoms with E-state index in [2.05, 4.69) is 4.98 Å². The Hall–Kier alpha value is -1.05. The lowest BCUT2D eigenvalue weighted by Gasteiger charge is -2.04. The van der Waals surface area contributed by atoms with Gasteiger partial charge in [0.1, 0.15) is 0 Å². The highest BCUT2D eigenvalue weighted by molar-refractivity contribution is 5.72. The summed E-state index contributed by atoms with van der Waals surface area (Å²) >= 11 is 0. The van der Waals surface area contributed by atoms with E-state index >= 15 is 0 Å². The van der Waals surface area contributed by atoms with Crippen LogP contribution in [-0.2, 0) is 0 Å². The van der Waals surface area contributed by atoms with Crippen LogP contribution in [-0.4, -0.2) is 11.3 Å². The van der Waals surface area contributed by atoms with Crippen LogP contribution < -0.4 is 0 Å². The molecule has 1 heterocycles. The standard InChI is InChI=1S/C10H13NO/c12-7-9-5-6-10(11-9)8-3-1-2-4-8/h5-8,11H,1-4H2. The molecule has 1 aromatic heterocycles. The van der Waals surface area contributed by atoms with Gasteiger partial charge in [-0.2, -0.15) is 0 Å². The molecule has 2 rings (SSSR count). The Bertz CT molecular complexity index is 271. The lowest BCUT2D eigenvalue weighted by atomic mass is 10.1. The van der Waals surface area contributed by atoms with Crippen LogP contribution in [0.1, 0.15) is 47.8 Å². The van der Waals surface area contributed by atoms with Crippen LogP contribution in [0.4, 0.5) is 0 Å². The lowest BCUT2D eigenvalue weighted by Crippen LogP contribution is -1.92. The molecule has 2 nitrogen and oxygen atoms in total. The molecule has 1 fully saturated rings. The van der Waals surface area contributed by atoms with Gasteiger partial charge in [-0.15, -0.1) is 0 Å². The predicted octanol–water partition coefficient (Wildman–Crippen LogP) is 2.48. The summed E-state index contributed by atoms with van der Waals surface area (Å²) in [5.41, 5.74) is 1.95. The summed E-state index contributed by atoms with van der Waals surface area (Å²) in [5, 5.41) is 0. The van der Waals surface area contributed by atoms with Crippen LogP contribution in [0.3, 0.4) is 0 Å². The molecule has 1 aliphatic rings. The Morgan fingerprint density at radius 3 is 2.67 bits per heavy atom. The smallest absolute Gasteiger partial charge is 0.166 e. The van der Waals surface area contributed by atoms with E-state index < -0.39 is 0 Å². The van der Waals surface area contributed by atoms with Crippen molar-refractivity contribution in [1.29, 1.82) is 0 Å². The molecule has 1 aliphatic carbocycles. The number of aldehydes is 1. The van der Waals surface area contributed by atoms with Crippen molar-refractivity contribution in [3.8, 4) is 0 Å². The Morgan fingerprint density at radius 2 is 2.08 bits per heavy atom. The van der Waals surface area contributed by atoms with Gasteiger partial charge in [0.15, 0.2) is 6.29 Å². The molecule has 0 bridgehead atoms. The molecule has 0 unspecified atom stereocenters. The fourth-order valence-corrected chi connectivity index (χ4v) is 1.97. The van der Waals surface area contributed by atoms with E-state index in [0.29, 0.717) is 11.6 Å². The van der Waals surface area contributed by atoms with E-state index in [4.69, 9.17) is 0 Å². The summed E-state index contributed by atoms with van der Waals surface area (Å²) in [6, 6.07) is 3.90. The SMILES string of the molecule is O=Cc1ccc(C2CCCC2)[nH]1. The van der Waals surface area contributed by atoms with E-state index in [1.807, 2.05) is 12.1 Å². The normalized spacial score (nSPS) is 18.3. The van der Waals surface area contributed by atoms with Crippen molar-refractivity contribution >= 4 is 6.29 Å². The third-order valence-corrected chi connectivity index (χ3v) is 2.65. The highest BCUT2D eigenvalue weighted by atomic mass is 16.1. The van der Waals surface area contributed by atoms with E-state index in [0.717, 1.165) is 6.29 Å². The van der Waals surface area contributed by atoms with Crippen LogP contribution in [0.2, 0.25) is 0 Å². The van der Waals surface area contributed by atoms with Crippen molar-refractivity contribution in [2.24, 2.45) is 0 Å². The molecule has 12 heavy (non-hydrogen) atoms. The minimum Gasteiger partial charge on any atom is -0.356 e. The van der Waals surface area contributed by atoms with Crippen molar-refractivity contribution in [2.75, 3.05) is 0 Å². The number of hydrogen-bond donors (Lipinski definition) is 1. The van der Waals surface area contributed by atoms with E-state index in [9.17, 15) is 4.79 Å². The van der Waals surface area contributed by atoms with Gasteiger partial charge >= 0.3 is 0 Å². The average Bonchev–Trinajstić information content (AvgIpc) is 2.75. The van der Waals surface area contributed by atoms with Gasteiger partial charge in [0.05, 0.1) is 5.69 Å². The molecule has 64 valence electrons. The Morgan fingerprint density at radius 1 is 1.33 bits per heavy atom. The maximum atomic E-state index is 10.4. The maximum Gasteiger partial charge on any atom is 0.166 e. The minimum absolute atomic E-state index is 0.679. The third-order valence-electron chi connectivity index (χ3n) is 2.65.